The first-order chi connectivity index (χ1) is 10.7. The van der Waals surface area contributed by atoms with Gasteiger partial charge in [0.2, 0.25) is 0 Å². The molecule has 1 aliphatic carbocycles. The smallest absolute Gasteiger partial charge is 0.128 e. The van der Waals surface area contributed by atoms with E-state index in [0.717, 1.165) is 37.4 Å². The van der Waals surface area contributed by atoms with Crippen LogP contribution in [0.15, 0.2) is 54.6 Å². The average molecular weight is 296 g/mol. The first-order valence-corrected chi connectivity index (χ1v) is 8.09. The van der Waals surface area contributed by atoms with Crippen molar-refractivity contribution in [3.05, 3.63) is 60.3 Å². The first kappa shape index (κ1) is 15.0. The molecule has 4 rings (SSSR count). The van der Waals surface area contributed by atoms with Crippen molar-refractivity contribution in [1.29, 1.82) is 0 Å². The first-order valence-electron chi connectivity index (χ1n) is 8.09. The van der Waals surface area contributed by atoms with E-state index in [1.807, 2.05) is 49.4 Å². The summed E-state index contributed by atoms with van der Waals surface area (Å²) in [6, 6.07) is 18.2. The van der Waals surface area contributed by atoms with E-state index in [-0.39, 0.29) is 6.10 Å². The van der Waals surface area contributed by atoms with E-state index in [4.69, 9.17) is 0 Å². The zero-order valence-electron chi connectivity index (χ0n) is 13.1. The summed E-state index contributed by atoms with van der Waals surface area (Å²) in [6.45, 7) is 4.17. The quantitative estimate of drug-likeness (QED) is 0.877. The Morgan fingerprint density at radius 2 is 1.45 bits per heavy atom. The van der Waals surface area contributed by atoms with Gasteiger partial charge in [0, 0.05) is 18.8 Å². The molecule has 1 aliphatic heterocycles. The molecule has 0 amide bonds. The van der Waals surface area contributed by atoms with E-state index in [1.165, 1.54) is 0 Å². The molecule has 1 unspecified atom stereocenters. The lowest BCUT2D eigenvalue weighted by Crippen LogP contribution is -2.23. The second-order valence-electron chi connectivity index (χ2n) is 6.34. The molecule has 2 fully saturated rings. The highest BCUT2D eigenvalue weighted by Crippen LogP contribution is 2.39. The van der Waals surface area contributed by atoms with Crippen LogP contribution < -0.4 is 4.90 Å². The molecule has 0 spiro atoms. The molecule has 2 aliphatic rings. The van der Waals surface area contributed by atoms with Crippen molar-refractivity contribution in [2.75, 3.05) is 18.0 Å². The number of anilines is 1. The van der Waals surface area contributed by atoms with E-state index < -0.39 is 0 Å². The number of pyridine rings is 1. The SMILES string of the molecule is Cc1cccc(N2C[C@H]3CC(O)C[C@H]3C2)n1.c1ccccc1. The minimum atomic E-state index is -0.0531. The van der Waals surface area contributed by atoms with E-state index in [2.05, 4.69) is 22.0 Å². The Balaban J connectivity index is 0.000000202. The summed E-state index contributed by atoms with van der Waals surface area (Å²) in [5, 5.41) is 9.60. The number of aliphatic hydroxyl groups excluding tert-OH is 1. The largest absolute Gasteiger partial charge is 0.393 e. The topological polar surface area (TPSA) is 36.4 Å². The van der Waals surface area contributed by atoms with Crippen LogP contribution in [0.2, 0.25) is 0 Å². The van der Waals surface area contributed by atoms with E-state index in [0.29, 0.717) is 11.8 Å². The molecule has 22 heavy (non-hydrogen) atoms. The van der Waals surface area contributed by atoms with Crippen LogP contribution in [0.1, 0.15) is 18.5 Å². The number of nitrogens with zero attached hydrogens (tertiary/aromatic N) is 2. The van der Waals surface area contributed by atoms with Gasteiger partial charge in [0.1, 0.15) is 5.82 Å². The van der Waals surface area contributed by atoms with E-state index >= 15 is 0 Å². The highest BCUT2D eigenvalue weighted by atomic mass is 16.3. The zero-order chi connectivity index (χ0) is 15.4. The number of aryl methyl sites for hydroxylation is 1. The Morgan fingerprint density at radius 3 is 1.95 bits per heavy atom. The zero-order valence-corrected chi connectivity index (χ0v) is 13.1. The Kier molecular flexibility index (Phi) is 4.74. The third-order valence-electron chi connectivity index (χ3n) is 4.59. The number of aromatic nitrogens is 1. The van der Waals surface area contributed by atoms with Crippen molar-refractivity contribution in [3.8, 4) is 0 Å². The second-order valence-corrected chi connectivity index (χ2v) is 6.34. The van der Waals surface area contributed by atoms with Gasteiger partial charge in [-0.2, -0.15) is 0 Å². The predicted molar refractivity (Wildman–Crippen MR) is 89.8 cm³/mol. The highest BCUT2D eigenvalue weighted by Gasteiger charge is 2.40. The molecule has 2 aromatic rings. The van der Waals surface area contributed by atoms with Crippen molar-refractivity contribution in [2.45, 2.75) is 25.9 Å². The molecule has 1 saturated heterocycles. The Morgan fingerprint density at radius 1 is 0.909 bits per heavy atom. The van der Waals surface area contributed by atoms with Crippen molar-refractivity contribution >= 4 is 5.82 Å². The van der Waals surface area contributed by atoms with Crippen molar-refractivity contribution in [2.24, 2.45) is 11.8 Å². The summed E-state index contributed by atoms with van der Waals surface area (Å²) in [5.41, 5.74) is 1.08. The molecule has 3 nitrogen and oxygen atoms in total. The van der Waals surface area contributed by atoms with Crippen LogP contribution in [0.4, 0.5) is 5.82 Å². The van der Waals surface area contributed by atoms with E-state index in [9.17, 15) is 5.11 Å². The van der Waals surface area contributed by atoms with Gasteiger partial charge in [-0.25, -0.2) is 4.98 Å². The van der Waals surface area contributed by atoms with Crippen LogP contribution in [0, 0.1) is 18.8 Å². The maximum Gasteiger partial charge on any atom is 0.128 e. The average Bonchev–Trinajstić information content (AvgIpc) is 3.07. The summed E-state index contributed by atoms with van der Waals surface area (Å²) >= 11 is 0. The van der Waals surface area contributed by atoms with Gasteiger partial charge in [0.15, 0.2) is 0 Å². The molecule has 116 valence electrons. The molecule has 3 heteroatoms. The summed E-state index contributed by atoms with van der Waals surface area (Å²) in [4.78, 5) is 6.93. The standard InChI is InChI=1S/C13H18N2O.C6H6/c1-9-3-2-4-13(14-9)15-7-10-5-12(16)6-11(10)8-15;1-2-4-6-5-3-1/h2-4,10-12,16H,5-8H2,1H3;1-6H/t10-,11+,12?;. The van der Waals surface area contributed by atoms with Gasteiger partial charge in [0.25, 0.3) is 0 Å². The maximum absolute atomic E-state index is 9.60. The van der Waals surface area contributed by atoms with Gasteiger partial charge in [-0.3, -0.25) is 0 Å². The number of rotatable bonds is 1. The van der Waals surface area contributed by atoms with Crippen LogP contribution in [0.5, 0.6) is 0 Å². The van der Waals surface area contributed by atoms with Gasteiger partial charge in [-0.1, -0.05) is 42.5 Å². The monoisotopic (exact) mass is 296 g/mol. The molecule has 1 aromatic heterocycles. The van der Waals surface area contributed by atoms with E-state index in [1.54, 1.807) is 0 Å². The van der Waals surface area contributed by atoms with Crippen molar-refractivity contribution < 1.29 is 5.11 Å². The molecular weight excluding hydrogens is 272 g/mol. The summed E-state index contributed by atoms with van der Waals surface area (Å²) in [6.07, 6.45) is 1.91. The van der Waals surface area contributed by atoms with Gasteiger partial charge in [-0.05, 0) is 43.7 Å². The second kappa shape index (κ2) is 6.93. The highest BCUT2D eigenvalue weighted by molar-refractivity contribution is 5.41. The maximum atomic E-state index is 9.60. The van der Waals surface area contributed by atoms with Crippen LogP contribution >= 0.6 is 0 Å². The fourth-order valence-corrected chi connectivity index (χ4v) is 3.54. The summed E-state index contributed by atoms with van der Waals surface area (Å²) < 4.78 is 0. The molecule has 1 aromatic carbocycles. The Labute approximate surface area is 132 Å². The Hall–Kier alpha value is -1.87. The number of fused-ring (bicyclic) bond motifs is 1. The molecule has 3 atom stereocenters. The minimum absolute atomic E-state index is 0.0531. The number of hydrogen-bond donors (Lipinski definition) is 1. The van der Waals surface area contributed by atoms with Crippen molar-refractivity contribution in [1.82, 2.24) is 4.98 Å². The van der Waals surface area contributed by atoms with Crippen LogP contribution in [-0.2, 0) is 0 Å². The number of aliphatic hydroxyl groups is 1. The predicted octanol–water partition coefficient (Wildman–Crippen LogP) is 3.28. The Bertz CT molecular complexity index is 546. The minimum Gasteiger partial charge on any atom is -0.393 e. The molecule has 2 heterocycles. The van der Waals surface area contributed by atoms with Gasteiger partial charge < -0.3 is 10.0 Å². The third kappa shape index (κ3) is 3.66. The van der Waals surface area contributed by atoms with Crippen LogP contribution in [-0.4, -0.2) is 29.3 Å². The van der Waals surface area contributed by atoms with Crippen LogP contribution in [0.3, 0.4) is 0 Å². The number of benzene rings is 1. The molecule has 0 bridgehead atoms. The lowest BCUT2D eigenvalue weighted by atomic mass is 10.0. The fraction of sp³-hybridized carbons (Fsp3) is 0.421. The van der Waals surface area contributed by atoms with Gasteiger partial charge >= 0.3 is 0 Å². The van der Waals surface area contributed by atoms with Crippen molar-refractivity contribution in [3.63, 3.8) is 0 Å². The third-order valence-corrected chi connectivity index (χ3v) is 4.59. The fourth-order valence-electron chi connectivity index (χ4n) is 3.54. The van der Waals surface area contributed by atoms with Gasteiger partial charge in [0.05, 0.1) is 6.10 Å². The lowest BCUT2D eigenvalue weighted by Gasteiger charge is -2.19. The normalized spacial score (nSPS) is 26.3. The summed E-state index contributed by atoms with van der Waals surface area (Å²) in [5.74, 6) is 2.46. The molecular formula is C19H24N2O. The lowest BCUT2D eigenvalue weighted by molar-refractivity contribution is 0.174. The molecule has 0 radical (unpaired) electrons. The van der Waals surface area contributed by atoms with Crippen LogP contribution in [0.25, 0.3) is 0 Å². The number of hydrogen-bond acceptors (Lipinski definition) is 3. The molecule has 1 saturated carbocycles. The molecule has 1 N–H and O–H groups in total. The summed E-state index contributed by atoms with van der Waals surface area (Å²) in [7, 11) is 0. The van der Waals surface area contributed by atoms with Gasteiger partial charge in [-0.15, -0.1) is 0 Å².